The monoisotopic (exact) mass is 239 g/mol. The van der Waals surface area contributed by atoms with Gasteiger partial charge in [0.1, 0.15) is 0 Å². The zero-order valence-electron chi connectivity index (χ0n) is 10.5. The summed E-state index contributed by atoms with van der Waals surface area (Å²) in [6, 6.07) is 6.12. The number of halogens is 1. The second kappa shape index (κ2) is 6.27. The molecule has 1 atom stereocenters. The summed E-state index contributed by atoms with van der Waals surface area (Å²) in [5, 5.41) is 0.808. The predicted octanol–water partition coefficient (Wildman–Crippen LogP) is 4.34. The number of rotatable bonds is 5. The van der Waals surface area contributed by atoms with Crippen LogP contribution in [0.5, 0.6) is 0 Å². The first kappa shape index (κ1) is 13.5. The molecule has 1 aromatic rings. The average molecular weight is 240 g/mol. The van der Waals surface area contributed by atoms with Gasteiger partial charge in [0, 0.05) is 11.6 Å². The maximum atomic E-state index is 6.19. The third-order valence-electron chi connectivity index (χ3n) is 3.05. The van der Waals surface area contributed by atoms with Gasteiger partial charge in [-0.1, -0.05) is 44.5 Å². The van der Waals surface area contributed by atoms with Crippen LogP contribution in [0.4, 0.5) is 0 Å². The van der Waals surface area contributed by atoms with Gasteiger partial charge < -0.3 is 5.73 Å². The first-order chi connectivity index (χ1) is 7.60. The van der Waals surface area contributed by atoms with Crippen LogP contribution in [0, 0.1) is 5.92 Å². The molecule has 0 aliphatic carbocycles. The van der Waals surface area contributed by atoms with Crippen LogP contribution < -0.4 is 5.73 Å². The molecule has 16 heavy (non-hydrogen) atoms. The van der Waals surface area contributed by atoms with Crippen LogP contribution in [-0.2, 0) is 6.54 Å². The van der Waals surface area contributed by atoms with E-state index in [4.69, 9.17) is 17.3 Å². The van der Waals surface area contributed by atoms with E-state index in [1.54, 1.807) is 0 Å². The summed E-state index contributed by atoms with van der Waals surface area (Å²) in [6.07, 6.45) is 2.34. The molecule has 90 valence electrons. The maximum absolute atomic E-state index is 6.19. The summed E-state index contributed by atoms with van der Waals surface area (Å²) in [7, 11) is 0. The topological polar surface area (TPSA) is 26.0 Å². The largest absolute Gasteiger partial charge is 0.326 e. The Kier molecular flexibility index (Phi) is 5.30. The minimum atomic E-state index is 0.531. The number of benzene rings is 1. The Balaban J connectivity index is 3.04. The minimum absolute atomic E-state index is 0.531. The third-order valence-corrected chi connectivity index (χ3v) is 3.40. The first-order valence-corrected chi connectivity index (χ1v) is 6.45. The fourth-order valence-electron chi connectivity index (χ4n) is 2.26. The second-order valence-corrected chi connectivity index (χ2v) is 5.15. The van der Waals surface area contributed by atoms with E-state index in [9.17, 15) is 0 Å². The predicted molar refractivity (Wildman–Crippen MR) is 71.8 cm³/mol. The van der Waals surface area contributed by atoms with Crippen molar-refractivity contribution in [2.45, 2.75) is 46.1 Å². The van der Waals surface area contributed by atoms with E-state index < -0.39 is 0 Å². The number of hydrogen-bond donors (Lipinski definition) is 1. The van der Waals surface area contributed by atoms with Crippen molar-refractivity contribution in [2.24, 2.45) is 11.7 Å². The number of nitrogens with two attached hydrogens (primary N) is 1. The molecule has 1 aromatic carbocycles. The summed E-state index contributed by atoms with van der Waals surface area (Å²) < 4.78 is 0. The Labute approximate surface area is 104 Å². The molecule has 0 bridgehead atoms. The third kappa shape index (κ3) is 3.23. The summed E-state index contributed by atoms with van der Waals surface area (Å²) in [5.74, 6) is 1.28. The van der Waals surface area contributed by atoms with Gasteiger partial charge in [-0.05, 0) is 41.9 Å². The van der Waals surface area contributed by atoms with Gasteiger partial charge in [0.2, 0.25) is 0 Å². The Morgan fingerprint density at radius 3 is 2.50 bits per heavy atom. The van der Waals surface area contributed by atoms with Crippen molar-refractivity contribution < 1.29 is 0 Å². The minimum Gasteiger partial charge on any atom is -0.326 e. The highest BCUT2D eigenvalue weighted by Gasteiger charge is 2.16. The molecule has 0 heterocycles. The zero-order chi connectivity index (χ0) is 12.1. The van der Waals surface area contributed by atoms with Crippen molar-refractivity contribution in [1.29, 1.82) is 0 Å². The number of hydrogen-bond acceptors (Lipinski definition) is 1. The van der Waals surface area contributed by atoms with Crippen LogP contribution in [-0.4, -0.2) is 0 Å². The van der Waals surface area contributed by atoms with Crippen LogP contribution in [0.15, 0.2) is 18.2 Å². The second-order valence-electron chi connectivity index (χ2n) is 4.75. The van der Waals surface area contributed by atoms with Crippen molar-refractivity contribution in [3.8, 4) is 0 Å². The van der Waals surface area contributed by atoms with Gasteiger partial charge in [-0.2, -0.15) is 0 Å². The lowest BCUT2D eigenvalue weighted by molar-refractivity contribution is 0.487. The van der Waals surface area contributed by atoms with Gasteiger partial charge in [-0.25, -0.2) is 0 Å². The SMILES string of the molecule is CCC(CC(C)C)c1cccc(Cl)c1CN. The quantitative estimate of drug-likeness (QED) is 0.813. The van der Waals surface area contributed by atoms with Crippen LogP contribution in [0.2, 0.25) is 5.02 Å². The van der Waals surface area contributed by atoms with E-state index in [1.807, 2.05) is 12.1 Å². The van der Waals surface area contributed by atoms with Crippen LogP contribution in [0.3, 0.4) is 0 Å². The van der Waals surface area contributed by atoms with E-state index in [1.165, 1.54) is 12.0 Å². The van der Waals surface area contributed by atoms with Gasteiger partial charge in [-0.3, -0.25) is 0 Å². The molecule has 0 radical (unpaired) electrons. The molecule has 0 amide bonds. The fourth-order valence-corrected chi connectivity index (χ4v) is 2.51. The fraction of sp³-hybridized carbons (Fsp3) is 0.571. The van der Waals surface area contributed by atoms with Crippen LogP contribution >= 0.6 is 11.6 Å². The highest BCUT2D eigenvalue weighted by atomic mass is 35.5. The van der Waals surface area contributed by atoms with Gasteiger partial charge >= 0.3 is 0 Å². The van der Waals surface area contributed by atoms with Gasteiger partial charge in [-0.15, -0.1) is 0 Å². The molecule has 0 fully saturated rings. The zero-order valence-corrected chi connectivity index (χ0v) is 11.2. The molecule has 0 aliphatic heterocycles. The highest BCUT2D eigenvalue weighted by molar-refractivity contribution is 6.31. The van der Waals surface area contributed by atoms with Gasteiger partial charge in [0.25, 0.3) is 0 Å². The smallest absolute Gasteiger partial charge is 0.0453 e. The molecule has 1 nitrogen and oxygen atoms in total. The first-order valence-electron chi connectivity index (χ1n) is 6.07. The summed E-state index contributed by atoms with van der Waals surface area (Å²) >= 11 is 6.19. The lowest BCUT2D eigenvalue weighted by Crippen LogP contribution is -2.09. The standard InChI is InChI=1S/C14H22ClN/c1-4-11(8-10(2)3)12-6-5-7-14(15)13(12)9-16/h5-7,10-11H,4,8-9,16H2,1-3H3. The van der Waals surface area contributed by atoms with E-state index >= 15 is 0 Å². The molecule has 1 unspecified atom stereocenters. The Morgan fingerprint density at radius 1 is 1.31 bits per heavy atom. The van der Waals surface area contributed by atoms with Gasteiger partial charge in [0.15, 0.2) is 0 Å². The van der Waals surface area contributed by atoms with E-state index in [0.29, 0.717) is 18.4 Å². The summed E-state index contributed by atoms with van der Waals surface area (Å²) in [4.78, 5) is 0. The molecule has 0 saturated carbocycles. The Hall–Kier alpha value is -0.530. The highest BCUT2D eigenvalue weighted by Crippen LogP contribution is 2.32. The maximum Gasteiger partial charge on any atom is 0.0453 e. The Morgan fingerprint density at radius 2 is 2.00 bits per heavy atom. The molecule has 0 aromatic heterocycles. The normalized spacial score (nSPS) is 13.1. The van der Waals surface area contributed by atoms with Crippen molar-refractivity contribution in [3.05, 3.63) is 34.3 Å². The lowest BCUT2D eigenvalue weighted by Gasteiger charge is -2.21. The Bertz CT molecular complexity index is 334. The van der Waals surface area contributed by atoms with E-state index in [2.05, 4.69) is 26.8 Å². The summed E-state index contributed by atoms with van der Waals surface area (Å²) in [6.45, 7) is 7.28. The van der Waals surface area contributed by atoms with Crippen LogP contribution in [0.25, 0.3) is 0 Å². The molecule has 0 aliphatic rings. The van der Waals surface area contributed by atoms with Crippen molar-refractivity contribution in [1.82, 2.24) is 0 Å². The van der Waals surface area contributed by atoms with E-state index in [-0.39, 0.29) is 0 Å². The summed E-state index contributed by atoms with van der Waals surface area (Å²) in [5.41, 5.74) is 8.25. The van der Waals surface area contributed by atoms with Crippen molar-refractivity contribution in [3.63, 3.8) is 0 Å². The van der Waals surface area contributed by atoms with Crippen molar-refractivity contribution >= 4 is 11.6 Å². The van der Waals surface area contributed by atoms with Gasteiger partial charge in [0.05, 0.1) is 0 Å². The van der Waals surface area contributed by atoms with Crippen molar-refractivity contribution in [2.75, 3.05) is 0 Å². The average Bonchev–Trinajstić information content (AvgIpc) is 2.25. The molecule has 2 heteroatoms. The molecular weight excluding hydrogens is 218 g/mol. The van der Waals surface area contributed by atoms with E-state index in [0.717, 1.165) is 17.0 Å². The molecule has 0 saturated heterocycles. The molecule has 0 spiro atoms. The lowest BCUT2D eigenvalue weighted by atomic mass is 9.85. The molecule has 2 N–H and O–H groups in total. The van der Waals surface area contributed by atoms with Crippen LogP contribution in [0.1, 0.15) is 50.7 Å². The molecule has 1 rings (SSSR count). The molecular formula is C14H22ClN.